The van der Waals surface area contributed by atoms with Crippen molar-refractivity contribution in [3.8, 4) is 0 Å². The second kappa shape index (κ2) is 4.31. The summed E-state index contributed by atoms with van der Waals surface area (Å²) in [6.45, 7) is 0. The average molecular weight is 259 g/mol. The van der Waals surface area contributed by atoms with Crippen LogP contribution in [0.4, 0.5) is 5.69 Å². The zero-order chi connectivity index (χ0) is 12.5. The van der Waals surface area contributed by atoms with E-state index in [9.17, 15) is 0 Å². The van der Waals surface area contributed by atoms with Gasteiger partial charge in [0.25, 0.3) is 0 Å². The Hall–Kier alpha value is -2.07. The van der Waals surface area contributed by atoms with Gasteiger partial charge in [0.05, 0.1) is 5.69 Å². The maximum Gasteiger partial charge on any atom is 0.183 e. The fourth-order valence-electron chi connectivity index (χ4n) is 1.89. The summed E-state index contributed by atoms with van der Waals surface area (Å²) in [4.78, 5) is 0. The number of hydrogen-bond donors (Lipinski definition) is 1. The molecule has 1 aromatic carbocycles. The molecule has 2 aromatic heterocycles. The highest BCUT2D eigenvalue weighted by Gasteiger charge is 2.07. The van der Waals surface area contributed by atoms with E-state index < -0.39 is 0 Å². The first kappa shape index (κ1) is 11.0. The van der Waals surface area contributed by atoms with Crippen molar-refractivity contribution in [2.75, 3.05) is 5.73 Å². The van der Waals surface area contributed by atoms with Gasteiger partial charge in [0.2, 0.25) is 0 Å². The number of halogens is 1. The SMILES string of the molecule is Nc1cccn2c(Cc3ccc(Cl)cc3)nnc12. The fourth-order valence-corrected chi connectivity index (χ4v) is 2.02. The second-order valence-corrected chi connectivity index (χ2v) is 4.51. The fraction of sp³-hybridized carbons (Fsp3) is 0.0769. The number of hydrogen-bond acceptors (Lipinski definition) is 3. The standard InChI is InChI=1S/C13H11ClN4/c14-10-5-3-9(4-6-10)8-12-16-17-13-11(15)2-1-7-18(12)13/h1-7H,8,15H2. The lowest BCUT2D eigenvalue weighted by Gasteiger charge is -2.01. The van der Waals surface area contributed by atoms with Crippen LogP contribution in [-0.2, 0) is 6.42 Å². The zero-order valence-electron chi connectivity index (χ0n) is 9.55. The van der Waals surface area contributed by atoms with Gasteiger partial charge in [0.15, 0.2) is 5.65 Å². The van der Waals surface area contributed by atoms with Crippen LogP contribution in [0.15, 0.2) is 42.6 Å². The Morgan fingerprint density at radius 1 is 1.11 bits per heavy atom. The monoisotopic (exact) mass is 258 g/mol. The summed E-state index contributed by atoms with van der Waals surface area (Å²) in [5, 5.41) is 9.00. The lowest BCUT2D eigenvalue weighted by atomic mass is 10.1. The van der Waals surface area contributed by atoms with E-state index >= 15 is 0 Å². The van der Waals surface area contributed by atoms with E-state index in [1.54, 1.807) is 0 Å². The maximum atomic E-state index is 5.86. The topological polar surface area (TPSA) is 56.2 Å². The number of nitrogens with two attached hydrogens (primary N) is 1. The zero-order valence-corrected chi connectivity index (χ0v) is 10.3. The van der Waals surface area contributed by atoms with Gasteiger partial charge in [-0.25, -0.2) is 0 Å². The quantitative estimate of drug-likeness (QED) is 0.769. The van der Waals surface area contributed by atoms with Crippen molar-refractivity contribution in [2.24, 2.45) is 0 Å². The molecule has 0 aliphatic rings. The normalized spacial score (nSPS) is 10.9. The van der Waals surface area contributed by atoms with Gasteiger partial charge in [-0.2, -0.15) is 0 Å². The van der Waals surface area contributed by atoms with Crippen molar-refractivity contribution in [3.05, 3.63) is 59.0 Å². The summed E-state index contributed by atoms with van der Waals surface area (Å²) in [5.41, 5.74) is 8.30. The van der Waals surface area contributed by atoms with Gasteiger partial charge in [-0.15, -0.1) is 10.2 Å². The minimum Gasteiger partial charge on any atom is -0.396 e. The van der Waals surface area contributed by atoms with Crippen molar-refractivity contribution in [1.29, 1.82) is 0 Å². The molecule has 4 nitrogen and oxygen atoms in total. The van der Waals surface area contributed by atoms with Gasteiger partial charge >= 0.3 is 0 Å². The van der Waals surface area contributed by atoms with E-state index in [0.717, 1.165) is 16.4 Å². The predicted octanol–water partition coefficient (Wildman–Crippen LogP) is 2.56. The second-order valence-electron chi connectivity index (χ2n) is 4.08. The minimum absolute atomic E-state index is 0.632. The van der Waals surface area contributed by atoms with Gasteiger partial charge < -0.3 is 5.73 Å². The highest BCUT2D eigenvalue weighted by molar-refractivity contribution is 6.30. The third-order valence-electron chi connectivity index (χ3n) is 2.81. The van der Waals surface area contributed by atoms with Crippen molar-refractivity contribution >= 4 is 22.9 Å². The lowest BCUT2D eigenvalue weighted by molar-refractivity contribution is 0.934. The molecule has 0 aliphatic carbocycles. The molecule has 0 amide bonds. The van der Waals surface area contributed by atoms with Crippen molar-refractivity contribution < 1.29 is 0 Å². The first-order chi connectivity index (χ1) is 8.74. The van der Waals surface area contributed by atoms with E-state index in [0.29, 0.717) is 17.8 Å². The van der Waals surface area contributed by atoms with E-state index in [4.69, 9.17) is 17.3 Å². The Balaban J connectivity index is 2.00. The molecule has 3 rings (SSSR count). The van der Waals surface area contributed by atoms with Crippen molar-refractivity contribution in [3.63, 3.8) is 0 Å². The summed E-state index contributed by atoms with van der Waals surface area (Å²) < 4.78 is 1.91. The number of nitrogens with zero attached hydrogens (tertiary/aromatic N) is 3. The molecule has 5 heteroatoms. The molecule has 0 bridgehead atoms. The molecule has 0 spiro atoms. The molecule has 0 aliphatic heterocycles. The maximum absolute atomic E-state index is 5.86. The molecule has 0 unspecified atom stereocenters. The molecular weight excluding hydrogens is 248 g/mol. The molecule has 2 N–H and O–H groups in total. The number of rotatable bonds is 2. The summed E-state index contributed by atoms with van der Waals surface area (Å²) in [5.74, 6) is 0.861. The van der Waals surface area contributed by atoms with Gasteiger partial charge in [-0.3, -0.25) is 4.40 Å². The van der Waals surface area contributed by atoms with E-state index in [1.165, 1.54) is 0 Å². The van der Waals surface area contributed by atoms with Crippen molar-refractivity contribution in [2.45, 2.75) is 6.42 Å². The highest BCUT2D eigenvalue weighted by atomic mass is 35.5. The summed E-state index contributed by atoms with van der Waals surface area (Å²) in [7, 11) is 0. The van der Waals surface area contributed by atoms with Crippen LogP contribution >= 0.6 is 11.6 Å². The molecule has 2 heterocycles. The third-order valence-corrected chi connectivity index (χ3v) is 3.06. The molecule has 3 aromatic rings. The summed E-state index contributed by atoms with van der Waals surface area (Å²) >= 11 is 5.86. The van der Waals surface area contributed by atoms with Crippen LogP contribution in [0.3, 0.4) is 0 Å². The van der Waals surface area contributed by atoms with Gasteiger partial charge in [0, 0.05) is 17.6 Å². The van der Waals surface area contributed by atoms with Crippen molar-refractivity contribution in [1.82, 2.24) is 14.6 Å². The highest BCUT2D eigenvalue weighted by Crippen LogP contribution is 2.16. The number of anilines is 1. The van der Waals surface area contributed by atoms with Crippen LogP contribution < -0.4 is 5.73 Å². The van der Waals surface area contributed by atoms with E-state index in [2.05, 4.69) is 10.2 Å². The lowest BCUT2D eigenvalue weighted by Crippen LogP contribution is -1.97. The molecule has 0 saturated heterocycles. The number of aromatic nitrogens is 3. The average Bonchev–Trinajstić information content (AvgIpc) is 2.77. The Bertz CT molecular complexity index is 688. The smallest absolute Gasteiger partial charge is 0.183 e. The summed E-state index contributed by atoms with van der Waals surface area (Å²) in [6.07, 6.45) is 2.61. The van der Waals surface area contributed by atoms with Gasteiger partial charge in [-0.05, 0) is 29.8 Å². The van der Waals surface area contributed by atoms with Crippen LogP contribution in [0, 0.1) is 0 Å². The van der Waals surface area contributed by atoms with E-state index in [1.807, 2.05) is 47.0 Å². The largest absolute Gasteiger partial charge is 0.396 e. The molecule has 90 valence electrons. The molecule has 0 atom stereocenters. The number of benzene rings is 1. The van der Waals surface area contributed by atoms with Crippen LogP contribution in [0.5, 0.6) is 0 Å². The number of nitrogen functional groups attached to an aromatic ring is 1. The van der Waals surface area contributed by atoms with Crippen LogP contribution in [0.1, 0.15) is 11.4 Å². The molecule has 0 radical (unpaired) electrons. The predicted molar refractivity (Wildman–Crippen MR) is 71.7 cm³/mol. The van der Waals surface area contributed by atoms with Gasteiger partial charge in [-0.1, -0.05) is 23.7 Å². The van der Waals surface area contributed by atoms with Crippen LogP contribution in [-0.4, -0.2) is 14.6 Å². The van der Waals surface area contributed by atoms with Crippen LogP contribution in [0.2, 0.25) is 5.02 Å². The Labute approximate surface area is 109 Å². The van der Waals surface area contributed by atoms with E-state index in [-0.39, 0.29) is 0 Å². The minimum atomic E-state index is 0.632. The first-order valence-corrected chi connectivity index (χ1v) is 5.94. The first-order valence-electron chi connectivity index (χ1n) is 5.56. The number of fused-ring (bicyclic) bond motifs is 1. The Morgan fingerprint density at radius 3 is 2.67 bits per heavy atom. The molecular formula is C13H11ClN4. The van der Waals surface area contributed by atoms with Gasteiger partial charge in [0.1, 0.15) is 5.82 Å². The molecule has 0 fully saturated rings. The number of pyridine rings is 1. The molecule has 18 heavy (non-hydrogen) atoms. The molecule has 0 saturated carbocycles. The third kappa shape index (κ3) is 1.91. The Morgan fingerprint density at radius 2 is 1.89 bits per heavy atom. The van der Waals surface area contributed by atoms with Crippen LogP contribution in [0.25, 0.3) is 5.65 Å². The summed E-state index contributed by atoms with van der Waals surface area (Å²) in [6, 6.07) is 11.4. The Kier molecular flexibility index (Phi) is 2.64.